The van der Waals surface area contributed by atoms with E-state index in [1.54, 1.807) is 0 Å². The highest BCUT2D eigenvalue weighted by molar-refractivity contribution is 5.32. The first-order valence-corrected chi connectivity index (χ1v) is 6.56. The summed E-state index contributed by atoms with van der Waals surface area (Å²) in [6, 6.07) is 0. The smallest absolute Gasteiger partial charge is 0.211 e. The molecule has 0 aliphatic rings. The Balaban J connectivity index is 6.58. The van der Waals surface area contributed by atoms with Crippen LogP contribution in [0.15, 0.2) is 4.99 Å². The maximum absolute atomic E-state index is 13.3. The van der Waals surface area contributed by atoms with Gasteiger partial charge in [0.1, 0.15) is 0 Å². The molecule has 0 aliphatic heterocycles. The van der Waals surface area contributed by atoms with Crippen molar-refractivity contribution in [3.05, 3.63) is 0 Å². The minimum absolute atomic E-state index is 0.388. The van der Waals surface area contributed by atoms with Crippen LogP contribution in [-0.4, -0.2) is 60.3 Å². The van der Waals surface area contributed by atoms with Crippen molar-refractivity contribution in [2.45, 2.75) is 54.1 Å². The molecule has 0 aromatic rings. The summed E-state index contributed by atoms with van der Waals surface area (Å²) in [5.74, 6) is -56.6. The van der Waals surface area contributed by atoms with Gasteiger partial charge in [0, 0.05) is 6.42 Å². The Labute approximate surface area is 152 Å². The molecule has 0 bridgehead atoms. The highest BCUT2D eigenvalue weighted by atomic mass is 19.4. The van der Waals surface area contributed by atoms with Crippen molar-refractivity contribution in [2.24, 2.45) is 4.99 Å². The summed E-state index contributed by atoms with van der Waals surface area (Å²) >= 11 is 0. The molecule has 30 heavy (non-hydrogen) atoms. The van der Waals surface area contributed by atoms with Gasteiger partial charge in [-0.15, -0.1) is 0 Å². The Kier molecular flexibility index (Phi) is 6.96. The second-order valence-electron chi connectivity index (χ2n) is 5.37. The fourth-order valence-electron chi connectivity index (χ4n) is 1.60. The molecule has 0 rings (SSSR count). The van der Waals surface area contributed by atoms with Crippen LogP contribution >= 0.6 is 0 Å². The molecule has 0 saturated carbocycles. The Morgan fingerprint density at radius 3 is 1.10 bits per heavy atom. The van der Waals surface area contributed by atoms with E-state index in [0.717, 1.165) is 0 Å². The number of hydrogen-bond acceptors (Lipinski definition) is 2. The maximum atomic E-state index is 13.3. The van der Waals surface area contributed by atoms with Gasteiger partial charge in [-0.2, -0.15) is 74.6 Å². The molecule has 0 N–H and O–H groups in total. The van der Waals surface area contributed by atoms with Crippen molar-refractivity contribution in [2.75, 3.05) is 6.54 Å². The summed E-state index contributed by atoms with van der Waals surface area (Å²) in [6.45, 7) is -1.87. The van der Waals surface area contributed by atoms with Crippen LogP contribution in [0.2, 0.25) is 0 Å². The van der Waals surface area contributed by atoms with Crippen LogP contribution in [0.25, 0.3) is 0 Å². The Bertz CT molecular complexity index is 672. The van der Waals surface area contributed by atoms with Crippen molar-refractivity contribution < 1.29 is 79.4 Å². The lowest BCUT2D eigenvalue weighted by molar-refractivity contribution is -0.461. The summed E-state index contributed by atoms with van der Waals surface area (Å²) in [5.41, 5.74) is 0. The molecule has 0 fully saturated rings. The molecule has 0 unspecified atom stereocenters. The van der Waals surface area contributed by atoms with Crippen LogP contribution in [0.3, 0.4) is 0 Å². The first-order chi connectivity index (χ1) is 12.8. The van der Waals surface area contributed by atoms with Gasteiger partial charge in [0.15, 0.2) is 0 Å². The lowest BCUT2D eigenvalue weighted by Gasteiger charge is -2.42. The third kappa shape index (κ3) is 3.68. The third-order valence-corrected chi connectivity index (χ3v) is 3.39. The van der Waals surface area contributed by atoms with Crippen molar-refractivity contribution in [1.29, 1.82) is 0 Å². The standard InChI is InChI=1S/C11H4F17NO/c12-4(13,1-2-29-3-30)5(14,15)6(16,17)7(18,19)8(20,21)9(22,23)10(24,25)11(26,27)28/h1-2H2. The highest BCUT2D eigenvalue weighted by Crippen LogP contribution is 2.64. The van der Waals surface area contributed by atoms with Crippen molar-refractivity contribution in [1.82, 2.24) is 0 Å². The summed E-state index contributed by atoms with van der Waals surface area (Å²) in [7, 11) is 0. The zero-order valence-electron chi connectivity index (χ0n) is 13.2. The van der Waals surface area contributed by atoms with E-state index >= 15 is 0 Å². The Morgan fingerprint density at radius 2 is 0.800 bits per heavy atom. The van der Waals surface area contributed by atoms with Gasteiger partial charge >= 0.3 is 47.6 Å². The van der Waals surface area contributed by atoms with Crippen molar-refractivity contribution in [3.8, 4) is 0 Å². The lowest BCUT2D eigenvalue weighted by atomic mass is 9.88. The van der Waals surface area contributed by atoms with Gasteiger partial charge < -0.3 is 0 Å². The van der Waals surface area contributed by atoms with E-state index in [9.17, 15) is 79.4 Å². The molecule has 2 nitrogen and oxygen atoms in total. The molecule has 0 aromatic carbocycles. The van der Waals surface area contributed by atoms with E-state index in [2.05, 4.69) is 4.99 Å². The third-order valence-electron chi connectivity index (χ3n) is 3.39. The number of hydrogen-bond donors (Lipinski definition) is 0. The van der Waals surface area contributed by atoms with Crippen LogP contribution < -0.4 is 0 Å². The van der Waals surface area contributed by atoms with Gasteiger partial charge in [-0.1, -0.05) is 0 Å². The zero-order chi connectivity index (χ0) is 24.8. The molecule has 0 amide bonds. The number of nitrogens with zero attached hydrogens (tertiary/aromatic N) is 1. The number of isocyanates is 1. The molecule has 0 aromatic heterocycles. The van der Waals surface area contributed by atoms with Gasteiger partial charge in [-0.25, -0.2) is 9.79 Å². The van der Waals surface area contributed by atoms with Crippen LogP contribution in [-0.2, 0) is 4.79 Å². The van der Waals surface area contributed by atoms with Gasteiger partial charge in [0.25, 0.3) is 0 Å². The quantitative estimate of drug-likeness (QED) is 0.232. The lowest BCUT2D eigenvalue weighted by Crippen LogP contribution is -2.74. The minimum atomic E-state index is -8.65. The average molecular weight is 489 g/mol. The van der Waals surface area contributed by atoms with Crippen LogP contribution in [0.4, 0.5) is 74.6 Å². The van der Waals surface area contributed by atoms with Gasteiger partial charge in [0.2, 0.25) is 6.08 Å². The predicted octanol–water partition coefficient (Wildman–Crippen LogP) is 5.72. The predicted molar refractivity (Wildman–Crippen MR) is 58.3 cm³/mol. The SMILES string of the molecule is O=C=NCCC(F)(F)C(F)(F)C(F)(F)C(F)(F)C(F)(F)C(F)(F)C(F)(F)C(F)(F)F. The molecule has 178 valence electrons. The summed E-state index contributed by atoms with van der Waals surface area (Å²) in [5, 5.41) is 0. The minimum Gasteiger partial charge on any atom is -0.211 e. The molecule has 0 saturated heterocycles. The normalized spacial score (nSPS) is 15.8. The number of aliphatic imine (C=N–C) groups is 1. The van der Waals surface area contributed by atoms with Crippen molar-refractivity contribution >= 4 is 6.08 Å². The second-order valence-corrected chi connectivity index (χ2v) is 5.37. The molecular weight excluding hydrogens is 485 g/mol. The monoisotopic (exact) mass is 489 g/mol. The van der Waals surface area contributed by atoms with E-state index in [4.69, 9.17) is 0 Å². The van der Waals surface area contributed by atoms with Crippen LogP contribution in [0.5, 0.6) is 0 Å². The zero-order valence-corrected chi connectivity index (χ0v) is 13.2. The summed E-state index contributed by atoms with van der Waals surface area (Å²) < 4.78 is 218. The van der Waals surface area contributed by atoms with E-state index in [1.165, 1.54) is 0 Å². The van der Waals surface area contributed by atoms with E-state index in [-0.39, 0.29) is 0 Å². The highest BCUT2D eigenvalue weighted by Gasteiger charge is 2.95. The molecule has 0 aliphatic carbocycles. The fourth-order valence-corrected chi connectivity index (χ4v) is 1.60. The number of rotatable bonds is 9. The molecule has 0 atom stereocenters. The van der Waals surface area contributed by atoms with Crippen LogP contribution in [0.1, 0.15) is 6.42 Å². The number of halogens is 17. The first kappa shape index (κ1) is 28.2. The van der Waals surface area contributed by atoms with Gasteiger partial charge in [-0.3, -0.25) is 0 Å². The summed E-state index contributed by atoms with van der Waals surface area (Å²) in [4.78, 5) is 11.7. The first-order valence-electron chi connectivity index (χ1n) is 6.56. The molecular formula is C11H4F17NO. The van der Waals surface area contributed by atoms with Crippen molar-refractivity contribution in [3.63, 3.8) is 0 Å². The summed E-state index contributed by atoms with van der Waals surface area (Å²) in [6.07, 6.45) is -10.2. The number of carbonyl (C=O) groups excluding carboxylic acids is 1. The second kappa shape index (κ2) is 7.40. The average Bonchev–Trinajstić information content (AvgIpc) is 2.52. The van der Waals surface area contributed by atoms with Gasteiger partial charge in [-0.05, 0) is 0 Å². The van der Waals surface area contributed by atoms with Gasteiger partial charge in [0.05, 0.1) is 6.54 Å². The van der Waals surface area contributed by atoms with E-state index in [0.29, 0.717) is 6.08 Å². The van der Waals surface area contributed by atoms with E-state index in [1.807, 2.05) is 0 Å². The number of alkyl halides is 17. The van der Waals surface area contributed by atoms with E-state index < -0.39 is 60.6 Å². The molecule has 0 spiro atoms. The molecule has 0 radical (unpaired) electrons. The maximum Gasteiger partial charge on any atom is 0.460 e. The largest absolute Gasteiger partial charge is 0.460 e. The Hall–Kier alpha value is -1.81. The topological polar surface area (TPSA) is 29.4 Å². The van der Waals surface area contributed by atoms with Crippen LogP contribution in [0, 0.1) is 0 Å². The molecule has 0 heterocycles. The Morgan fingerprint density at radius 1 is 0.500 bits per heavy atom. The molecule has 19 heteroatoms. The fraction of sp³-hybridized carbons (Fsp3) is 0.909.